The van der Waals surface area contributed by atoms with E-state index in [0.717, 1.165) is 29.1 Å². The van der Waals surface area contributed by atoms with Gasteiger partial charge in [0.25, 0.3) is 0 Å². The van der Waals surface area contributed by atoms with Crippen molar-refractivity contribution in [1.29, 1.82) is 0 Å². The third kappa shape index (κ3) is 2.27. The molecule has 0 radical (unpaired) electrons. The van der Waals surface area contributed by atoms with Gasteiger partial charge < -0.3 is 4.57 Å². The fourth-order valence-electron chi connectivity index (χ4n) is 2.99. The van der Waals surface area contributed by atoms with E-state index in [-0.39, 0.29) is 5.78 Å². The number of ketones is 1. The summed E-state index contributed by atoms with van der Waals surface area (Å²) in [6, 6.07) is 7.44. The summed E-state index contributed by atoms with van der Waals surface area (Å²) < 4.78 is 2.10. The molecule has 4 heteroatoms. The summed E-state index contributed by atoms with van der Waals surface area (Å²) in [5.74, 6) is 0.603. The Labute approximate surface area is 128 Å². The van der Waals surface area contributed by atoms with Gasteiger partial charge in [0.15, 0.2) is 5.78 Å². The molecule has 1 unspecified atom stereocenters. The molecule has 1 heterocycles. The van der Waals surface area contributed by atoms with Crippen LogP contribution < -0.4 is 0 Å². The highest BCUT2D eigenvalue weighted by atomic mass is 35.5. The first kappa shape index (κ1) is 13.7. The van der Waals surface area contributed by atoms with Gasteiger partial charge in [0.2, 0.25) is 0 Å². The van der Waals surface area contributed by atoms with Crippen molar-refractivity contribution in [2.24, 2.45) is 5.92 Å². The van der Waals surface area contributed by atoms with Crippen molar-refractivity contribution in [2.45, 2.75) is 26.7 Å². The maximum absolute atomic E-state index is 12.2. The third-order valence-corrected chi connectivity index (χ3v) is 4.20. The van der Waals surface area contributed by atoms with Gasteiger partial charge in [0.1, 0.15) is 0 Å². The average Bonchev–Trinajstić information content (AvgIpc) is 2.64. The quantitative estimate of drug-likeness (QED) is 0.737. The van der Waals surface area contributed by atoms with Gasteiger partial charge in [-0.15, -0.1) is 0 Å². The molecule has 1 aromatic heterocycles. The molecule has 0 bridgehead atoms. The van der Waals surface area contributed by atoms with Gasteiger partial charge in [0, 0.05) is 39.1 Å². The number of halogens is 2. The van der Waals surface area contributed by atoms with Crippen LogP contribution in [-0.4, -0.2) is 10.4 Å². The molecule has 0 fully saturated rings. The summed E-state index contributed by atoms with van der Waals surface area (Å²) in [7, 11) is 0. The second kappa shape index (κ2) is 4.94. The summed E-state index contributed by atoms with van der Waals surface area (Å²) >= 11 is 12.2. The summed E-state index contributed by atoms with van der Waals surface area (Å²) in [4.78, 5) is 12.2. The summed E-state index contributed by atoms with van der Waals surface area (Å²) in [5.41, 5.74) is 3.88. The maximum atomic E-state index is 12.2. The first-order valence-electron chi connectivity index (χ1n) is 6.66. The van der Waals surface area contributed by atoms with E-state index in [1.165, 1.54) is 0 Å². The van der Waals surface area contributed by atoms with E-state index in [0.29, 0.717) is 22.4 Å². The minimum absolute atomic E-state index is 0.230. The molecule has 0 saturated heterocycles. The number of hydrogen-bond donors (Lipinski definition) is 0. The van der Waals surface area contributed by atoms with Crippen molar-refractivity contribution in [3.63, 3.8) is 0 Å². The van der Waals surface area contributed by atoms with Crippen molar-refractivity contribution < 1.29 is 4.79 Å². The molecule has 1 aromatic carbocycles. The largest absolute Gasteiger partial charge is 0.317 e. The normalized spacial score (nSPS) is 18.2. The molecule has 1 aliphatic carbocycles. The highest BCUT2D eigenvalue weighted by Gasteiger charge is 2.27. The van der Waals surface area contributed by atoms with Gasteiger partial charge in [-0.3, -0.25) is 4.79 Å². The highest BCUT2D eigenvalue weighted by Crippen LogP contribution is 2.32. The SMILES string of the molecule is Cc1cc2c(n1-c1cc(Cl)cc(Cl)c1)CC(C)CC2=O. The van der Waals surface area contributed by atoms with E-state index in [4.69, 9.17) is 23.2 Å². The molecule has 0 saturated carbocycles. The van der Waals surface area contributed by atoms with Crippen LogP contribution in [0.15, 0.2) is 24.3 Å². The molecular formula is C16H15Cl2NO. The van der Waals surface area contributed by atoms with Crippen LogP contribution in [0.5, 0.6) is 0 Å². The van der Waals surface area contributed by atoms with E-state index >= 15 is 0 Å². The Kier molecular flexibility index (Phi) is 3.39. The zero-order valence-corrected chi connectivity index (χ0v) is 12.9. The van der Waals surface area contributed by atoms with Gasteiger partial charge in [0.05, 0.1) is 0 Å². The lowest BCUT2D eigenvalue weighted by Crippen LogP contribution is -2.19. The lowest BCUT2D eigenvalue weighted by Gasteiger charge is -2.21. The molecule has 0 N–H and O–H groups in total. The van der Waals surface area contributed by atoms with Crippen LogP contribution in [0, 0.1) is 12.8 Å². The third-order valence-electron chi connectivity index (χ3n) is 3.77. The van der Waals surface area contributed by atoms with Crippen LogP contribution in [-0.2, 0) is 6.42 Å². The first-order chi connectivity index (χ1) is 9.45. The van der Waals surface area contributed by atoms with Gasteiger partial charge in [-0.25, -0.2) is 0 Å². The predicted molar refractivity (Wildman–Crippen MR) is 82.3 cm³/mol. The van der Waals surface area contributed by atoms with Crippen molar-refractivity contribution in [3.8, 4) is 5.69 Å². The molecule has 0 aliphatic heterocycles. The van der Waals surface area contributed by atoms with Gasteiger partial charge in [-0.05, 0) is 43.5 Å². The minimum Gasteiger partial charge on any atom is -0.317 e. The van der Waals surface area contributed by atoms with Crippen molar-refractivity contribution in [2.75, 3.05) is 0 Å². The van der Waals surface area contributed by atoms with Gasteiger partial charge in [-0.1, -0.05) is 30.1 Å². The van der Waals surface area contributed by atoms with Crippen LogP contribution in [0.1, 0.15) is 35.1 Å². The molecule has 2 nitrogen and oxygen atoms in total. The van der Waals surface area contributed by atoms with Crippen LogP contribution in [0.4, 0.5) is 0 Å². The fourth-order valence-corrected chi connectivity index (χ4v) is 3.50. The molecule has 20 heavy (non-hydrogen) atoms. The van der Waals surface area contributed by atoms with Crippen LogP contribution in [0.3, 0.4) is 0 Å². The second-order valence-corrected chi connectivity index (χ2v) is 6.42. The van der Waals surface area contributed by atoms with E-state index in [9.17, 15) is 4.79 Å². The number of carbonyl (C=O) groups is 1. The highest BCUT2D eigenvalue weighted by molar-refractivity contribution is 6.34. The van der Waals surface area contributed by atoms with Gasteiger partial charge >= 0.3 is 0 Å². The molecule has 1 aliphatic rings. The topological polar surface area (TPSA) is 22.0 Å². The molecule has 104 valence electrons. The average molecular weight is 308 g/mol. The summed E-state index contributed by atoms with van der Waals surface area (Å²) in [5, 5.41) is 1.20. The van der Waals surface area contributed by atoms with Crippen LogP contribution in [0.2, 0.25) is 10.0 Å². The lowest BCUT2D eigenvalue weighted by atomic mass is 9.88. The molecule has 0 spiro atoms. The van der Waals surface area contributed by atoms with Crippen molar-refractivity contribution in [1.82, 2.24) is 4.57 Å². The number of carbonyl (C=O) groups excluding carboxylic acids is 1. The maximum Gasteiger partial charge on any atom is 0.164 e. The van der Waals surface area contributed by atoms with Crippen molar-refractivity contribution in [3.05, 3.63) is 51.3 Å². The van der Waals surface area contributed by atoms with Crippen LogP contribution in [0.25, 0.3) is 5.69 Å². The van der Waals surface area contributed by atoms with Crippen molar-refractivity contribution >= 4 is 29.0 Å². The zero-order chi connectivity index (χ0) is 14.4. The number of aryl methyl sites for hydroxylation is 1. The number of Topliss-reactive ketones (excluding diaryl/α,β-unsaturated/α-hetero) is 1. The van der Waals surface area contributed by atoms with E-state index in [1.807, 2.05) is 25.1 Å². The molecule has 0 amide bonds. The first-order valence-corrected chi connectivity index (χ1v) is 7.42. The van der Waals surface area contributed by atoms with E-state index < -0.39 is 0 Å². The van der Waals surface area contributed by atoms with Crippen LogP contribution >= 0.6 is 23.2 Å². The number of hydrogen-bond acceptors (Lipinski definition) is 1. The van der Waals surface area contributed by atoms with Gasteiger partial charge in [-0.2, -0.15) is 0 Å². The lowest BCUT2D eigenvalue weighted by molar-refractivity contribution is 0.0952. The monoisotopic (exact) mass is 307 g/mol. The number of nitrogens with zero attached hydrogens (tertiary/aromatic N) is 1. The molecule has 1 atom stereocenters. The summed E-state index contributed by atoms with van der Waals surface area (Å²) in [6.07, 6.45) is 1.53. The Morgan fingerprint density at radius 3 is 2.40 bits per heavy atom. The Bertz CT molecular complexity index is 682. The second-order valence-electron chi connectivity index (χ2n) is 5.55. The predicted octanol–water partition coefficient (Wildman–Crippen LogP) is 4.86. The summed E-state index contributed by atoms with van der Waals surface area (Å²) in [6.45, 7) is 4.11. The Morgan fingerprint density at radius 2 is 1.75 bits per heavy atom. The number of rotatable bonds is 1. The molecule has 2 aromatic rings. The zero-order valence-electron chi connectivity index (χ0n) is 11.4. The number of aromatic nitrogens is 1. The molecule has 3 rings (SSSR count). The molecular weight excluding hydrogens is 293 g/mol. The Morgan fingerprint density at radius 1 is 1.10 bits per heavy atom. The number of benzene rings is 1. The standard InChI is InChI=1S/C16H15Cl2NO/c1-9-3-15-14(16(20)4-9)5-10(2)19(15)13-7-11(17)6-12(18)8-13/h5-9H,3-4H2,1-2H3. The van der Waals surface area contributed by atoms with E-state index in [2.05, 4.69) is 11.5 Å². The fraction of sp³-hybridized carbons (Fsp3) is 0.312. The Hall–Kier alpha value is -1.25. The van der Waals surface area contributed by atoms with E-state index in [1.54, 1.807) is 6.07 Å². The minimum atomic E-state index is 0.230. The Balaban J connectivity index is 2.22. The number of fused-ring (bicyclic) bond motifs is 1. The smallest absolute Gasteiger partial charge is 0.164 e.